The number of rotatable bonds is 4. The molecule has 0 fully saturated rings. The fourth-order valence-electron chi connectivity index (χ4n) is 1.11. The molecule has 0 aliphatic heterocycles. The zero-order valence-corrected chi connectivity index (χ0v) is 8.45. The average molecular weight is 212 g/mol. The summed E-state index contributed by atoms with van der Waals surface area (Å²) in [4.78, 5) is 13.8. The third-order valence-electron chi connectivity index (χ3n) is 2.10. The SMILES string of the molecule is COc1cc(C(O)C(C)[N+](=O)[O-])ccn1. The molecule has 0 aliphatic carbocycles. The summed E-state index contributed by atoms with van der Waals surface area (Å²) in [6.07, 6.45) is 0.279. The van der Waals surface area contributed by atoms with Gasteiger partial charge in [-0.3, -0.25) is 10.1 Å². The summed E-state index contributed by atoms with van der Waals surface area (Å²) < 4.78 is 4.85. The minimum Gasteiger partial charge on any atom is -0.481 e. The molecule has 6 nitrogen and oxygen atoms in total. The topological polar surface area (TPSA) is 85.5 Å². The van der Waals surface area contributed by atoms with Gasteiger partial charge in [0.1, 0.15) is 6.10 Å². The van der Waals surface area contributed by atoms with Crippen molar-refractivity contribution in [1.82, 2.24) is 4.98 Å². The molecular weight excluding hydrogens is 200 g/mol. The largest absolute Gasteiger partial charge is 0.481 e. The Bertz CT molecular complexity index is 356. The quantitative estimate of drug-likeness (QED) is 0.589. The number of aromatic nitrogens is 1. The zero-order valence-electron chi connectivity index (χ0n) is 8.45. The highest BCUT2D eigenvalue weighted by atomic mass is 16.6. The lowest BCUT2D eigenvalue weighted by Crippen LogP contribution is -2.23. The Morgan fingerprint density at radius 3 is 2.87 bits per heavy atom. The van der Waals surface area contributed by atoms with Crippen molar-refractivity contribution in [2.75, 3.05) is 7.11 Å². The van der Waals surface area contributed by atoms with Crippen LogP contribution in [-0.2, 0) is 0 Å². The van der Waals surface area contributed by atoms with E-state index >= 15 is 0 Å². The van der Waals surface area contributed by atoms with E-state index in [1.807, 2.05) is 0 Å². The van der Waals surface area contributed by atoms with Gasteiger partial charge in [-0.15, -0.1) is 0 Å². The molecule has 15 heavy (non-hydrogen) atoms. The Hall–Kier alpha value is -1.69. The molecule has 0 saturated carbocycles. The molecular formula is C9H12N2O4. The maximum absolute atomic E-state index is 10.5. The zero-order chi connectivity index (χ0) is 11.4. The molecule has 0 aromatic carbocycles. The predicted molar refractivity (Wildman–Crippen MR) is 52.2 cm³/mol. The first-order valence-corrected chi connectivity index (χ1v) is 4.37. The molecule has 0 radical (unpaired) electrons. The van der Waals surface area contributed by atoms with E-state index in [0.717, 1.165) is 0 Å². The van der Waals surface area contributed by atoms with Crippen LogP contribution in [0.25, 0.3) is 0 Å². The molecule has 1 aromatic heterocycles. The van der Waals surface area contributed by atoms with Gasteiger partial charge in [-0.05, 0) is 11.6 Å². The lowest BCUT2D eigenvalue weighted by Gasteiger charge is -2.12. The second kappa shape index (κ2) is 4.70. The Morgan fingerprint density at radius 2 is 2.33 bits per heavy atom. The van der Waals surface area contributed by atoms with Gasteiger partial charge in [0.25, 0.3) is 0 Å². The second-order valence-corrected chi connectivity index (χ2v) is 3.10. The summed E-state index contributed by atoms with van der Waals surface area (Å²) >= 11 is 0. The highest BCUT2D eigenvalue weighted by molar-refractivity contribution is 5.23. The van der Waals surface area contributed by atoms with Crippen LogP contribution >= 0.6 is 0 Å². The van der Waals surface area contributed by atoms with E-state index in [1.165, 1.54) is 32.4 Å². The first kappa shape index (κ1) is 11.4. The second-order valence-electron chi connectivity index (χ2n) is 3.10. The number of methoxy groups -OCH3 is 1. The van der Waals surface area contributed by atoms with E-state index in [1.54, 1.807) is 0 Å². The minimum absolute atomic E-state index is 0.321. The van der Waals surface area contributed by atoms with Crippen molar-refractivity contribution in [1.29, 1.82) is 0 Å². The molecule has 0 bridgehead atoms. The Kier molecular flexibility index (Phi) is 3.56. The highest BCUT2D eigenvalue weighted by Gasteiger charge is 2.26. The lowest BCUT2D eigenvalue weighted by atomic mass is 10.1. The number of nitrogens with zero attached hydrogens (tertiary/aromatic N) is 2. The number of aliphatic hydroxyl groups excluding tert-OH is 1. The predicted octanol–water partition coefficient (Wildman–Crippen LogP) is 0.789. The van der Waals surface area contributed by atoms with E-state index in [2.05, 4.69) is 4.98 Å². The van der Waals surface area contributed by atoms with Gasteiger partial charge in [0.05, 0.1) is 7.11 Å². The van der Waals surface area contributed by atoms with Crippen LogP contribution in [0, 0.1) is 10.1 Å². The summed E-state index contributed by atoms with van der Waals surface area (Å²) in [5.74, 6) is 0.321. The van der Waals surface area contributed by atoms with Crippen LogP contribution in [0.3, 0.4) is 0 Å². The van der Waals surface area contributed by atoms with Crippen LogP contribution in [0.4, 0.5) is 0 Å². The number of aliphatic hydroxyl groups is 1. The van der Waals surface area contributed by atoms with Gasteiger partial charge in [-0.25, -0.2) is 4.98 Å². The third-order valence-corrected chi connectivity index (χ3v) is 2.10. The summed E-state index contributed by atoms with van der Waals surface area (Å²) in [6.45, 7) is 1.34. The van der Waals surface area contributed by atoms with E-state index in [0.29, 0.717) is 11.4 Å². The molecule has 2 unspecified atom stereocenters. The number of pyridine rings is 1. The van der Waals surface area contributed by atoms with Crippen molar-refractivity contribution in [3.8, 4) is 5.88 Å². The van der Waals surface area contributed by atoms with E-state index < -0.39 is 17.1 Å². The van der Waals surface area contributed by atoms with Gasteiger partial charge >= 0.3 is 0 Å². The van der Waals surface area contributed by atoms with Gasteiger partial charge in [-0.2, -0.15) is 0 Å². The first-order valence-electron chi connectivity index (χ1n) is 4.37. The molecule has 1 heterocycles. The molecule has 1 rings (SSSR count). The van der Waals surface area contributed by atoms with Crippen molar-refractivity contribution >= 4 is 0 Å². The van der Waals surface area contributed by atoms with Gasteiger partial charge in [0, 0.05) is 24.1 Å². The molecule has 82 valence electrons. The van der Waals surface area contributed by atoms with Crippen LogP contribution in [0.15, 0.2) is 18.3 Å². The number of ether oxygens (including phenoxy) is 1. The molecule has 0 saturated heterocycles. The molecule has 6 heteroatoms. The number of nitro groups is 1. The number of hydrogen-bond acceptors (Lipinski definition) is 5. The van der Waals surface area contributed by atoms with Gasteiger partial charge in [0.15, 0.2) is 0 Å². The van der Waals surface area contributed by atoms with Crippen molar-refractivity contribution in [3.63, 3.8) is 0 Å². The van der Waals surface area contributed by atoms with Crippen molar-refractivity contribution in [2.45, 2.75) is 19.1 Å². The Labute approximate surface area is 86.7 Å². The van der Waals surface area contributed by atoms with Crippen LogP contribution < -0.4 is 4.74 Å². The fourth-order valence-corrected chi connectivity index (χ4v) is 1.11. The first-order chi connectivity index (χ1) is 7.06. The van der Waals surface area contributed by atoms with Crippen LogP contribution in [-0.4, -0.2) is 28.2 Å². The minimum atomic E-state index is -1.16. The standard InChI is InChI=1S/C9H12N2O4/c1-6(11(13)14)9(12)7-3-4-10-8(5-7)15-2/h3-6,9,12H,1-2H3. The smallest absolute Gasteiger partial charge is 0.239 e. The Balaban J connectivity index is 2.90. The lowest BCUT2D eigenvalue weighted by molar-refractivity contribution is -0.531. The van der Waals surface area contributed by atoms with Gasteiger partial charge in [-0.1, -0.05) is 0 Å². The van der Waals surface area contributed by atoms with E-state index in [-0.39, 0.29) is 0 Å². The molecule has 0 spiro atoms. The van der Waals surface area contributed by atoms with Gasteiger partial charge < -0.3 is 9.84 Å². The molecule has 2 atom stereocenters. The Morgan fingerprint density at radius 1 is 1.67 bits per heavy atom. The maximum Gasteiger partial charge on any atom is 0.239 e. The van der Waals surface area contributed by atoms with Crippen LogP contribution in [0.5, 0.6) is 5.88 Å². The normalized spacial score (nSPS) is 14.3. The van der Waals surface area contributed by atoms with Crippen molar-refractivity contribution in [3.05, 3.63) is 34.0 Å². The fraction of sp³-hybridized carbons (Fsp3) is 0.444. The molecule has 0 amide bonds. The van der Waals surface area contributed by atoms with E-state index in [4.69, 9.17) is 4.74 Å². The van der Waals surface area contributed by atoms with E-state index in [9.17, 15) is 15.2 Å². The highest BCUT2D eigenvalue weighted by Crippen LogP contribution is 2.20. The van der Waals surface area contributed by atoms with Crippen LogP contribution in [0.1, 0.15) is 18.6 Å². The molecule has 1 N–H and O–H groups in total. The maximum atomic E-state index is 10.5. The summed E-state index contributed by atoms with van der Waals surface area (Å²) in [5, 5.41) is 20.1. The molecule has 0 aliphatic rings. The number of hydrogen-bond donors (Lipinski definition) is 1. The summed E-state index contributed by atoms with van der Waals surface area (Å²) in [5.41, 5.74) is 0.422. The van der Waals surface area contributed by atoms with Crippen LogP contribution in [0.2, 0.25) is 0 Å². The third kappa shape index (κ3) is 2.63. The monoisotopic (exact) mass is 212 g/mol. The summed E-state index contributed by atoms with van der Waals surface area (Å²) in [6, 6.07) is 1.94. The molecule has 1 aromatic rings. The van der Waals surface area contributed by atoms with Crippen molar-refractivity contribution < 1.29 is 14.8 Å². The average Bonchev–Trinajstić information content (AvgIpc) is 2.27. The van der Waals surface area contributed by atoms with Gasteiger partial charge in [0.2, 0.25) is 11.9 Å². The van der Waals surface area contributed by atoms with Crippen molar-refractivity contribution in [2.24, 2.45) is 0 Å². The summed E-state index contributed by atoms with van der Waals surface area (Å²) in [7, 11) is 1.44.